The van der Waals surface area contributed by atoms with E-state index in [1.807, 2.05) is 17.5 Å². The molecule has 5 rings (SSSR count). The third-order valence-electron chi connectivity index (χ3n) is 5.09. The maximum Gasteiger partial charge on any atom is 0.270 e. The van der Waals surface area contributed by atoms with E-state index in [9.17, 15) is 18.5 Å². The van der Waals surface area contributed by atoms with Crippen molar-refractivity contribution in [2.75, 3.05) is 4.72 Å². The van der Waals surface area contributed by atoms with Crippen LogP contribution in [0.1, 0.15) is 5.56 Å². The summed E-state index contributed by atoms with van der Waals surface area (Å²) in [6.07, 6.45) is 0. The van der Waals surface area contributed by atoms with Crippen LogP contribution in [-0.4, -0.2) is 33.2 Å². The molecule has 0 fully saturated rings. The lowest BCUT2D eigenvalue weighted by Gasteiger charge is -2.11. The Balaban J connectivity index is 1.50. The van der Waals surface area contributed by atoms with Crippen molar-refractivity contribution in [3.05, 3.63) is 87.8 Å². The number of rotatable bonds is 6. The number of aryl methyl sites for hydroxylation is 1. The molecule has 0 aliphatic rings. The van der Waals surface area contributed by atoms with Crippen LogP contribution in [0, 0.1) is 17.0 Å². The van der Waals surface area contributed by atoms with Gasteiger partial charge in [0, 0.05) is 23.4 Å². The zero-order valence-electron chi connectivity index (χ0n) is 17.6. The maximum absolute atomic E-state index is 13.0. The Kier molecular flexibility index (Phi) is 5.30. The summed E-state index contributed by atoms with van der Waals surface area (Å²) in [5.41, 5.74) is 2.25. The van der Waals surface area contributed by atoms with Gasteiger partial charge in [-0.3, -0.25) is 14.8 Å². The molecule has 0 amide bonds. The number of nitrogens with one attached hydrogen (secondary N) is 1. The number of nitrogens with zero attached hydrogens (tertiary/aromatic N) is 5. The molecule has 0 bridgehead atoms. The second-order valence-corrected chi connectivity index (χ2v) is 9.98. The number of anilines is 1. The Morgan fingerprint density at radius 1 is 1.03 bits per heavy atom. The number of hydrogen-bond acceptors (Lipinski definition) is 8. The van der Waals surface area contributed by atoms with Crippen LogP contribution in [0.3, 0.4) is 0 Å². The summed E-state index contributed by atoms with van der Waals surface area (Å²) in [5.74, 6) is 0.616. The monoisotopic (exact) mass is 492 g/mol. The number of aromatic nitrogens is 4. The molecule has 0 radical (unpaired) electrons. The van der Waals surface area contributed by atoms with Gasteiger partial charge < -0.3 is 0 Å². The van der Waals surface area contributed by atoms with E-state index in [2.05, 4.69) is 20.0 Å². The minimum atomic E-state index is -4.06. The van der Waals surface area contributed by atoms with E-state index in [0.717, 1.165) is 10.9 Å². The topological polar surface area (TPSA) is 132 Å². The van der Waals surface area contributed by atoms with E-state index in [0.29, 0.717) is 34.0 Å². The number of thiophene rings is 1. The average Bonchev–Trinajstić information content (AvgIpc) is 3.48. The molecule has 0 atom stereocenters. The van der Waals surface area contributed by atoms with Crippen molar-refractivity contribution in [2.24, 2.45) is 0 Å². The van der Waals surface area contributed by atoms with Gasteiger partial charge in [0.15, 0.2) is 11.5 Å². The first kappa shape index (κ1) is 21.7. The first-order valence-electron chi connectivity index (χ1n) is 9.96. The molecule has 10 nitrogen and oxygen atoms in total. The summed E-state index contributed by atoms with van der Waals surface area (Å²) in [6.45, 7) is 1.58. The van der Waals surface area contributed by atoms with Crippen LogP contribution in [0.15, 0.2) is 77.0 Å². The summed E-state index contributed by atoms with van der Waals surface area (Å²) in [7, 11) is -4.06. The van der Waals surface area contributed by atoms with Gasteiger partial charge in [-0.25, -0.2) is 8.42 Å². The maximum atomic E-state index is 13.0. The lowest BCUT2D eigenvalue weighted by Crippen LogP contribution is -2.14. The van der Waals surface area contributed by atoms with Crippen LogP contribution in [0.4, 0.5) is 11.4 Å². The van der Waals surface area contributed by atoms with Crippen LogP contribution < -0.4 is 4.72 Å². The summed E-state index contributed by atoms with van der Waals surface area (Å²) >= 11 is 1.53. The fraction of sp³-hybridized carbons (Fsp3) is 0.0455. The van der Waals surface area contributed by atoms with Crippen LogP contribution in [0.2, 0.25) is 0 Å². The Labute approximate surface area is 197 Å². The first-order valence-corrected chi connectivity index (χ1v) is 12.3. The molecule has 3 aromatic heterocycles. The fourth-order valence-electron chi connectivity index (χ4n) is 3.45. The van der Waals surface area contributed by atoms with Crippen molar-refractivity contribution in [3.63, 3.8) is 0 Å². The predicted molar refractivity (Wildman–Crippen MR) is 128 cm³/mol. The van der Waals surface area contributed by atoms with E-state index < -0.39 is 14.9 Å². The Bertz CT molecular complexity index is 1650. The van der Waals surface area contributed by atoms with Crippen molar-refractivity contribution < 1.29 is 13.3 Å². The van der Waals surface area contributed by atoms with Gasteiger partial charge in [-0.1, -0.05) is 24.3 Å². The summed E-state index contributed by atoms with van der Waals surface area (Å²) in [4.78, 5) is 11.2. The van der Waals surface area contributed by atoms with Gasteiger partial charge in [-0.2, -0.15) is 9.61 Å². The second-order valence-electron chi connectivity index (χ2n) is 7.38. The third kappa shape index (κ3) is 4.00. The zero-order chi connectivity index (χ0) is 23.9. The number of sulfonamides is 1. The number of benzene rings is 2. The summed E-state index contributed by atoms with van der Waals surface area (Å²) in [5, 5.41) is 26.1. The van der Waals surface area contributed by atoms with E-state index >= 15 is 0 Å². The van der Waals surface area contributed by atoms with Gasteiger partial charge in [0.05, 0.1) is 20.4 Å². The van der Waals surface area contributed by atoms with Crippen molar-refractivity contribution in [1.29, 1.82) is 0 Å². The smallest absolute Gasteiger partial charge is 0.270 e. The molecular weight excluding hydrogens is 476 g/mol. The molecule has 0 aliphatic carbocycles. The molecule has 0 saturated heterocycles. The predicted octanol–water partition coefficient (Wildman–Crippen LogP) is 4.54. The summed E-state index contributed by atoms with van der Waals surface area (Å²) in [6, 6.07) is 17.9. The Morgan fingerprint density at radius 3 is 2.65 bits per heavy atom. The number of fused-ring (bicyclic) bond motifs is 1. The van der Waals surface area contributed by atoms with E-state index in [-0.39, 0.29) is 10.6 Å². The van der Waals surface area contributed by atoms with Gasteiger partial charge in [0.25, 0.3) is 15.7 Å². The number of nitro groups is 1. The van der Waals surface area contributed by atoms with Crippen molar-refractivity contribution in [2.45, 2.75) is 11.8 Å². The first-order chi connectivity index (χ1) is 16.3. The number of hydrogen-bond donors (Lipinski definition) is 1. The average molecular weight is 493 g/mol. The Hall–Kier alpha value is -4.16. The van der Waals surface area contributed by atoms with E-state index in [1.54, 1.807) is 47.8 Å². The van der Waals surface area contributed by atoms with Crippen LogP contribution in [0.25, 0.3) is 27.6 Å². The highest BCUT2D eigenvalue weighted by Gasteiger charge is 2.21. The van der Waals surface area contributed by atoms with Gasteiger partial charge in [-0.15, -0.1) is 21.5 Å². The van der Waals surface area contributed by atoms with Crippen molar-refractivity contribution in [1.82, 2.24) is 19.8 Å². The van der Waals surface area contributed by atoms with Gasteiger partial charge >= 0.3 is 0 Å². The SMILES string of the molecule is Cc1ccc([N+](=O)[O-])cc1S(=O)(=O)Nc1cccc(-c2ccc3nnc(-c4cccs4)n3n2)c1. The fourth-order valence-corrected chi connectivity index (χ4v) is 5.45. The van der Waals surface area contributed by atoms with E-state index in [1.165, 1.54) is 23.5 Å². The zero-order valence-corrected chi connectivity index (χ0v) is 19.2. The highest BCUT2D eigenvalue weighted by atomic mass is 32.2. The highest BCUT2D eigenvalue weighted by Crippen LogP contribution is 2.28. The van der Waals surface area contributed by atoms with Gasteiger partial charge in [0.2, 0.25) is 0 Å². The van der Waals surface area contributed by atoms with Gasteiger partial charge in [-0.05, 0) is 48.2 Å². The minimum absolute atomic E-state index is 0.156. The molecule has 0 aliphatic heterocycles. The molecule has 170 valence electrons. The molecule has 3 heterocycles. The van der Waals surface area contributed by atoms with Crippen LogP contribution in [-0.2, 0) is 10.0 Å². The van der Waals surface area contributed by atoms with E-state index in [4.69, 9.17) is 0 Å². The minimum Gasteiger partial charge on any atom is -0.280 e. The van der Waals surface area contributed by atoms with Gasteiger partial charge in [0.1, 0.15) is 0 Å². The van der Waals surface area contributed by atoms with Crippen LogP contribution in [0.5, 0.6) is 0 Å². The summed E-state index contributed by atoms with van der Waals surface area (Å²) < 4.78 is 30.1. The molecular formula is C22H16N6O4S2. The Morgan fingerprint density at radius 2 is 1.88 bits per heavy atom. The lowest BCUT2D eigenvalue weighted by atomic mass is 10.1. The number of non-ortho nitro benzene ring substituents is 1. The van der Waals surface area contributed by atoms with Crippen molar-refractivity contribution >= 4 is 38.4 Å². The number of nitro benzene ring substituents is 1. The second kappa shape index (κ2) is 8.32. The molecule has 0 spiro atoms. The lowest BCUT2D eigenvalue weighted by molar-refractivity contribution is -0.385. The molecule has 1 N–H and O–H groups in total. The highest BCUT2D eigenvalue weighted by molar-refractivity contribution is 7.92. The normalized spacial score (nSPS) is 11.6. The molecule has 2 aromatic carbocycles. The molecule has 12 heteroatoms. The van der Waals surface area contributed by atoms with Crippen LogP contribution >= 0.6 is 11.3 Å². The molecule has 0 saturated carbocycles. The largest absolute Gasteiger partial charge is 0.280 e. The third-order valence-corrected chi connectivity index (χ3v) is 7.48. The molecule has 5 aromatic rings. The van der Waals surface area contributed by atoms with Crippen molar-refractivity contribution in [3.8, 4) is 22.0 Å². The molecule has 0 unspecified atom stereocenters. The standard InChI is InChI=1S/C22H16N6O4S2/c1-14-7-8-17(28(29)30)13-20(14)34(31,32)26-16-5-2-4-15(12-16)18-9-10-21-23-24-22(27(21)25-18)19-6-3-11-33-19/h2-13,26H,1H3. The molecule has 34 heavy (non-hydrogen) atoms. The quantitative estimate of drug-likeness (QED) is 0.272.